The van der Waals surface area contributed by atoms with E-state index in [1.807, 2.05) is 0 Å². The topological polar surface area (TPSA) is 139 Å². The first-order valence-electron chi connectivity index (χ1n) is 7.27. The molecule has 0 bridgehead atoms. The Balaban J connectivity index is 2.64. The van der Waals surface area contributed by atoms with Gasteiger partial charge in [-0.3, -0.25) is 4.72 Å². The molecule has 1 aromatic carbocycles. The zero-order valence-corrected chi connectivity index (χ0v) is 16.0. The number of carbonyl (C=O) groups excluding carboxylic acids is 3. The molecule has 144 valence electrons. The fourth-order valence-corrected chi connectivity index (χ4v) is 5.07. The Kier molecular flexibility index (Phi) is 5.86. The molecular weight excluding hydrogens is 398 g/mol. The molecule has 0 fully saturated rings. The molecule has 2 aromatic rings. The number of aromatic carboxylic acids is 1. The number of esters is 2. The molecule has 0 aliphatic rings. The summed E-state index contributed by atoms with van der Waals surface area (Å²) >= 11 is 0.514. The van der Waals surface area contributed by atoms with Crippen LogP contribution in [0.25, 0.3) is 0 Å². The second kappa shape index (κ2) is 7.76. The average molecular weight is 412 g/mol. The van der Waals surface area contributed by atoms with Gasteiger partial charge in [0, 0.05) is 5.56 Å². The number of sulfonamides is 1. The van der Waals surface area contributed by atoms with Gasteiger partial charge in [-0.25, -0.2) is 18.0 Å². The summed E-state index contributed by atoms with van der Waals surface area (Å²) in [6.45, 7) is 1.38. The number of para-hydroxylation sites is 1. The first-order valence-corrected chi connectivity index (χ1v) is 9.57. The van der Waals surface area contributed by atoms with Gasteiger partial charge in [0.15, 0.2) is 4.21 Å². The highest BCUT2D eigenvalue weighted by molar-refractivity contribution is 7.94. The number of ether oxygens (including phenoxy) is 2. The third-order valence-corrected chi connectivity index (χ3v) is 6.67. The molecule has 1 heterocycles. The molecule has 0 aliphatic heterocycles. The minimum absolute atomic E-state index is 0.0762. The molecule has 0 unspecified atom stereocenters. The molecule has 27 heavy (non-hydrogen) atoms. The van der Waals surface area contributed by atoms with E-state index in [2.05, 4.69) is 14.2 Å². The number of rotatable bonds is 6. The number of carboxylic acids is 1. The molecule has 0 radical (unpaired) electrons. The van der Waals surface area contributed by atoms with E-state index in [0.717, 1.165) is 20.3 Å². The number of benzene rings is 1. The lowest BCUT2D eigenvalue weighted by atomic mass is 10.2. The number of carbonyl (C=O) groups is 3. The first kappa shape index (κ1) is 20.4. The van der Waals surface area contributed by atoms with E-state index in [-0.39, 0.29) is 27.3 Å². The molecule has 1 N–H and O–H groups in total. The molecule has 2 rings (SSSR count). The number of carboxylic acid groups (broad SMARTS) is 1. The standard InChI is InChI=1S/C16H15NO8S2/c1-8-11(14(20)24-2)16(26-12(8)15(21)25-3)27(22,23)17-10-7-5-4-6-9(10)13(18)19/h4-7,17H,1-3H3,(H,18,19)/p-1. The number of anilines is 1. The zero-order valence-electron chi connectivity index (χ0n) is 14.4. The van der Waals surface area contributed by atoms with Crippen molar-refractivity contribution in [3.63, 3.8) is 0 Å². The first-order chi connectivity index (χ1) is 12.6. The maximum absolute atomic E-state index is 12.8. The van der Waals surface area contributed by atoms with Crippen molar-refractivity contribution < 1.29 is 37.4 Å². The van der Waals surface area contributed by atoms with Crippen LogP contribution in [0.4, 0.5) is 5.69 Å². The number of thiophene rings is 1. The fraction of sp³-hybridized carbons (Fsp3) is 0.188. The lowest BCUT2D eigenvalue weighted by Gasteiger charge is -2.13. The summed E-state index contributed by atoms with van der Waals surface area (Å²) in [5, 5.41) is 11.2. The van der Waals surface area contributed by atoms with Crippen LogP contribution in [-0.4, -0.2) is 40.5 Å². The SMILES string of the molecule is COC(=O)c1sc(S(=O)(=O)Nc2ccccc2C(=O)[O-])c(C(=O)OC)c1C. The van der Waals surface area contributed by atoms with E-state index >= 15 is 0 Å². The lowest BCUT2D eigenvalue weighted by molar-refractivity contribution is -0.254. The molecule has 0 saturated heterocycles. The van der Waals surface area contributed by atoms with Crippen molar-refractivity contribution >= 4 is 45.0 Å². The third-order valence-electron chi connectivity index (χ3n) is 3.51. The van der Waals surface area contributed by atoms with Crippen molar-refractivity contribution in [2.24, 2.45) is 0 Å². The van der Waals surface area contributed by atoms with Crippen molar-refractivity contribution in [2.45, 2.75) is 11.1 Å². The molecule has 11 heteroatoms. The summed E-state index contributed by atoms with van der Waals surface area (Å²) in [7, 11) is -2.25. The van der Waals surface area contributed by atoms with Gasteiger partial charge in [-0.05, 0) is 18.6 Å². The summed E-state index contributed by atoms with van der Waals surface area (Å²) in [4.78, 5) is 35.0. The fourth-order valence-electron chi connectivity index (χ4n) is 2.24. The summed E-state index contributed by atoms with van der Waals surface area (Å²) in [5.74, 6) is -3.37. The number of nitrogens with one attached hydrogen (secondary N) is 1. The number of methoxy groups -OCH3 is 2. The second-order valence-electron chi connectivity index (χ2n) is 5.14. The van der Waals surface area contributed by atoms with Gasteiger partial charge in [0.1, 0.15) is 4.88 Å². The minimum Gasteiger partial charge on any atom is -0.545 e. The second-order valence-corrected chi connectivity index (χ2v) is 8.04. The Morgan fingerprint density at radius 1 is 1.07 bits per heavy atom. The normalized spacial score (nSPS) is 10.9. The van der Waals surface area contributed by atoms with Gasteiger partial charge in [-0.1, -0.05) is 18.2 Å². The maximum Gasteiger partial charge on any atom is 0.348 e. The summed E-state index contributed by atoms with van der Waals surface area (Å²) in [5.41, 5.74) is -0.894. The Labute approximate surface area is 158 Å². The van der Waals surface area contributed by atoms with E-state index in [1.165, 1.54) is 25.1 Å². The number of hydrogen-bond donors (Lipinski definition) is 1. The zero-order chi connectivity index (χ0) is 20.4. The van der Waals surface area contributed by atoms with Gasteiger partial charge in [0.25, 0.3) is 10.0 Å². The van der Waals surface area contributed by atoms with Crippen molar-refractivity contribution in [1.29, 1.82) is 0 Å². The molecule has 0 saturated carbocycles. The summed E-state index contributed by atoms with van der Waals surface area (Å²) < 4.78 is 36.5. The Morgan fingerprint density at radius 2 is 1.67 bits per heavy atom. The highest BCUT2D eigenvalue weighted by atomic mass is 32.2. The van der Waals surface area contributed by atoms with Gasteiger partial charge in [-0.15, -0.1) is 11.3 Å². The Hall–Kier alpha value is -2.92. The van der Waals surface area contributed by atoms with Crippen molar-refractivity contribution in [3.8, 4) is 0 Å². The number of hydrogen-bond acceptors (Lipinski definition) is 9. The van der Waals surface area contributed by atoms with Crippen LogP contribution in [0.3, 0.4) is 0 Å². The predicted molar refractivity (Wildman–Crippen MR) is 93.3 cm³/mol. The highest BCUT2D eigenvalue weighted by Crippen LogP contribution is 2.34. The van der Waals surface area contributed by atoms with Gasteiger partial charge < -0.3 is 19.4 Å². The van der Waals surface area contributed by atoms with Gasteiger partial charge >= 0.3 is 11.9 Å². The van der Waals surface area contributed by atoms with Crippen molar-refractivity contribution in [2.75, 3.05) is 18.9 Å². The molecular formula is C16H14NO8S2-. The summed E-state index contributed by atoms with van der Waals surface area (Å²) in [6.07, 6.45) is 0. The largest absolute Gasteiger partial charge is 0.545 e. The molecule has 0 amide bonds. The van der Waals surface area contributed by atoms with Crippen LogP contribution in [-0.2, 0) is 19.5 Å². The molecule has 0 aliphatic carbocycles. The van der Waals surface area contributed by atoms with Crippen LogP contribution >= 0.6 is 11.3 Å². The van der Waals surface area contributed by atoms with E-state index in [9.17, 15) is 27.9 Å². The summed E-state index contributed by atoms with van der Waals surface area (Å²) in [6, 6.07) is 5.20. The smallest absolute Gasteiger partial charge is 0.348 e. The van der Waals surface area contributed by atoms with E-state index < -0.39 is 32.1 Å². The van der Waals surface area contributed by atoms with E-state index in [4.69, 9.17) is 0 Å². The van der Waals surface area contributed by atoms with Crippen LogP contribution in [0, 0.1) is 6.92 Å². The van der Waals surface area contributed by atoms with Crippen LogP contribution in [0.1, 0.15) is 36.0 Å². The Morgan fingerprint density at radius 3 is 2.22 bits per heavy atom. The predicted octanol–water partition coefficient (Wildman–Crippen LogP) is 0.794. The van der Waals surface area contributed by atoms with Crippen LogP contribution < -0.4 is 9.83 Å². The van der Waals surface area contributed by atoms with Crippen molar-refractivity contribution in [1.82, 2.24) is 0 Å². The lowest BCUT2D eigenvalue weighted by Crippen LogP contribution is -2.25. The Bertz CT molecular complexity index is 1020. The van der Waals surface area contributed by atoms with E-state index in [1.54, 1.807) is 0 Å². The average Bonchev–Trinajstić information content (AvgIpc) is 2.98. The molecule has 0 atom stereocenters. The minimum atomic E-state index is -4.43. The van der Waals surface area contributed by atoms with Gasteiger partial charge in [-0.2, -0.15) is 0 Å². The van der Waals surface area contributed by atoms with Gasteiger partial charge in [0.2, 0.25) is 0 Å². The molecule has 1 aromatic heterocycles. The van der Waals surface area contributed by atoms with Crippen LogP contribution in [0.15, 0.2) is 28.5 Å². The maximum atomic E-state index is 12.8. The molecule has 9 nitrogen and oxygen atoms in total. The van der Waals surface area contributed by atoms with Crippen LogP contribution in [0.5, 0.6) is 0 Å². The van der Waals surface area contributed by atoms with Gasteiger partial charge in [0.05, 0.1) is 31.4 Å². The third kappa shape index (κ3) is 3.93. The molecule has 0 spiro atoms. The quantitative estimate of drug-likeness (QED) is 0.687. The monoisotopic (exact) mass is 412 g/mol. The highest BCUT2D eigenvalue weighted by Gasteiger charge is 2.33. The van der Waals surface area contributed by atoms with Crippen LogP contribution in [0.2, 0.25) is 0 Å². The van der Waals surface area contributed by atoms with Crippen molar-refractivity contribution in [3.05, 3.63) is 45.8 Å². The van der Waals surface area contributed by atoms with E-state index in [0.29, 0.717) is 11.3 Å².